The van der Waals surface area contributed by atoms with Gasteiger partial charge in [0.1, 0.15) is 0 Å². The highest BCUT2D eigenvalue weighted by molar-refractivity contribution is 7.89. The highest BCUT2D eigenvalue weighted by Gasteiger charge is 2.28. The van der Waals surface area contributed by atoms with E-state index in [0.717, 1.165) is 37.8 Å². The summed E-state index contributed by atoms with van der Waals surface area (Å²) in [6.07, 6.45) is 3.31. The molecule has 0 bridgehead atoms. The average Bonchev–Trinajstić information content (AvgIpc) is 2.89. The Balaban J connectivity index is 2.22. The van der Waals surface area contributed by atoms with E-state index < -0.39 is 25.5 Å². The van der Waals surface area contributed by atoms with Crippen molar-refractivity contribution in [1.29, 1.82) is 0 Å². The van der Waals surface area contributed by atoms with Crippen molar-refractivity contribution in [3.63, 3.8) is 0 Å². The molecular formula is C11H13ClN2O5S. The summed E-state index contributed by atoms with van der Waals surface area (Å²) in [5, 5.41) is 11.0. The first-order chi connectivity index (χ1) is 9.40. The zero-order valence-corrected chi connectivity index (χ0v) is 12.0. The molecule has 0 aromatic heterocycles. The molecule has 2 rings (SSSR count). The molecule has 20 heavy (non-hydrogen) atoms. The lowest BCUT2D eigenvalue weighted by Gasteiger charge is -2.12. The van der Waals surface area contributed by atoms with Gasteiger partial charge in [0.05, 0.1) is 11.0 Å². The van der Waals surface area contributed by atoms with E-state index in [1.807, 2.05) is 4.89 Å². The largest absolute Gasteiger partial charge is 0.290 e. The maximum absolute atomic E-state index is 12.0. The Morgan fingerprint density at radius 2 is 2.00 bits per heavy atom. The molecule has 0 unspecified atom stereocenters. The van der Waals surface area contributed by atoms with Gasteiger partial charge in [-0.1, -0.05) is 29.3 Å². The Morgan fingerprint density at radius 1 is 1.35 bits per heavy atom. The van der Waals surface area contributed by atoms with Crippen LogP contribution in [0, 0.1) is 10.1 Å². The highest BCUT2D eigenvalue weighted by Crippen LogP contribution is 2.27. The van der Waals surface area contributed by atoms with Gasteiger partial charge in [0, 0.05) is 11.1 Å². The van der Waals surface area contributed by atoms with Gasteiger partial charge < -0.3 is 0 Å². The van der Waals surface area contributed by atoms with Gasteiger partial charge >= 0.3 is 0 Å². The summed E-state index contributed by atoms with van der Waals surface area (Å²) in [4.78, 5) is 16.7. The van der Waals surface area contributed by atoms with Crippen LogP contribution in [0.15, 0.2) is 23.1 Å². The van der Waals surface area contributed by atoms with Crippen molar-refractivity contribution < 1.29 is 18.2 Å². The predicted octanol–water partition coefficient (Wildman–Crippen LogP) is 2.40. The fraction of sp³-hybridized carbons (Fsp3) is 0.455. The van der Waals surface area contributed by atoms with Gasteiger partial charge in [-0.3, -0.25) is 15.0 Å². The molecule has 0 amide bonds. The van der Waals surface area contributed by atoms with Crippen LogP contribution in [-0.4, -0.2) is 19.4 Å². The van der Waals surface area contributed by atoms with Crippen molar-refractivity contribution in [2.24, 2.45) is 0 Å². The van der Waals surface area contributed by atoms with Crippen molar-refractivity contribution in [2.75, 3.05) is 0 Å². The Morgan fingerprint density at radius 3 is 2.60 bits per heavy atom. The molecule has 0 saturated heterocycles. The zero-order valence-electron chi connectivity index (χ0n) is 10.4. The number of halogens is 1. The van der Waals surface area contributed by atoms with Gasteiger partial charge in [0.25, 0.3) is 15.7 Å². The maximum atomic E-state index is 12.0. The lowest BCUT2D eigenvalue weighted by Crippen LogP contribution is -2.29. The molecule has 1 aromatic rings. The molecule has 1 aliphatic carbocycles. The first-order valence-electron chi connectivity index (χ1n) is 6.01. The van der Waals surface area contributed by atoms with E-state index in [0.29, 0.717) is 0 Å². The van der Waals surface area contributed by atoms with Gasteiger partial charge in [-0.25, -0.2) is 8.42 Å². The van der Waals surface area contributed by atoms with Gasteiger partial charge in [-0.05, 0) is 25.0 Å². The summed E-state index contributed by atoms with van der Waals surface area (Å²) in [6.45, 7) is 0. The third-order valence-electron chi connectivity index (χ3n) is 3.03. The predicted molar refractivity (Wildman–Crippen MR) is 71.8 cm³/mol. The molecule has 0 heterocycles. The molecule has 1 aliphatic rings. The van der Waals surface area contributed by atoms with Crippen molar-refractivity contribution in [3.05, 3.63) is 33.3 Å². The summed E-state index contributed by atoms with van der Waals surface area (Å²) in [6, 6.07) is 3.35. The second-order valence-electron chi connectivity index (χ2n) is 4.48. The van der Waals surface area contributed by atoms with Crippen LogP contribution in [0.25, 0.3) is 0 Å². The van der Waals surface area contributed by atoms with Crippen LogP contribution in [0.5, 0.6) is 0 Å². The third kappa shape index (κ3) is 3.45. The standard InChI is InChI=1S/C11H13ClN2O5S/c12-8-5-6-11(10(7-8)14(15)16)20(17,18)13-19-9-3-1-2-4-9/h5-7,9,13H,1-4H2. The van der Waals surface area contributed by atoms with E-state index in [9.17, 15) is 18.5 Å². The van der Waals surface area contributed by atoms with Crippen LogP contribution in [-0.2, 0) is 14.9 Å². The van der Waals surface area contributed by atoms with Crippen LogP contribution >= 0.6 is 11.6 Å². The molecule has 0 spiro atoms. The van der Waals surface area contributed by atoms with E-state index in [4.69, 9.17) is 16.4 Å². The Kier molecular flexibility index (Phi) is 4.59. The zero-order chi connectivity index (χ0) is 14.8. The summed E-state index contributed by atoms with van der Waals surface area (Å²) in [5.41, 5.74) is -0.583. The Bertz CT molecular complexity index is 613. The van der Waals surface area contributed by atoms with Gasteiger partial charge in [-0.2, -0.15) is 0 Å². The lowest BCUT2D eigenvalue weighted by atomic mass is 10.3. The molecule has 7 nitrogen and oxygen atoms in total. The van der Waals surface area contributed by atoms with Crippen LogP contribution in [0.1, 0.15) is 25.7 Å². The Labute approximate surface area is 121 Å². The second-order valence-corrected chi connectivity index (χ2v) is 6.53. The molecule has 0 aliphatic heterocycles. The van der Waals surface area contributed by atoms with Crippen LogP contribution in [0.3, 0.4) is 0 Å². The van der Waals surface area contributed by atoms with Gasteiger partial charge in [0.2, 0.25) is 0 Å². The number of sulfonamides is 1. The molecule has 110 valence electrons. The quantitative estimate of drug-likeness (QED) is 0.663. The van der Waals surface area contributed by atoms with Crippen molar-refractivity contribution in [3.8, 4) is 0 Å². The number of nitro benzene ring substituents is 1. The molecule has 0 radical (unpaired) electrons. The number of hydrogen-bond donors (Lipinski definition) is 1. The van der Waals surface area contributed by atoms with Crippen molar-refractivity contribution in [2.45, 2.75) is 36.7 Å². The number of nitrogens with one attached hydrogen (secondary N) is 1. The van der Waals surface area contributed by atoms with Crippen LogP contribution in [0.4, 0.5) is 5.69 Å². The molecule has 1 fully saturated rings. The normalized spacial score (nSPS) is 16.4. The summed E-state index contributed by atoms with van der Waals surface area (Å²) in [5.74, 6) is 0. The van der Waals surface area contributed by atoms with E-state index in [1.54, 1.807) is 0 Å². The number of rotatable bonds is 5. The number of nitrogens with zero attached hydrogens (tertiary/aromatic N) is 1. The minimum Gasteiger partial charge on any atom is -0.284 e. The molecule has 9 heteroatoms. The fourth-order valence-electron chi connectivity index (χ4n) is 2.04. The lowest BCUT2D eigenvalue weighted by molar-refractivity contribution is -0.387. The topological polar surface area (TPSA) is 98.5 Å². The molecular weight excluding hydrogens is 308 g/mol. The molecule has 1 saturated carbocycles. The number of benzene rings is 1. The van der Waals surface area contributed by atoms with Crippen LogP contribution < -0.4 is 4.89 Å². The first-order valence-corrected chi connectivity index (χ1v) is 7.87. The number of hydrogen-bond acceptors (Lipinski definition) is 5. The summed E-state index contributed by atoms with van der Waals surface area (Å²) >= 11 is 5.64. The van der Waals surface area contributed by atoms with Gasteiger partial charge in [-0.15, -0.1) is 0 Å². The van der Waals surface area contributed by atoms with E-state index in [1.165, 1.54) is 6.07 Å². The van der Waals surface area contributed by atoms with E-state index >= 15 is 0 Å². The highest BCUT2D eigenvalue weighted by atomic mass is 35.5. The Hall–Kier alpha value is -1.22. The minimum absolute atomic E-state index is 0.0901. The van der Waals surface area contributed by atoms with Crippen molar-refractivity contribution in [1.82, 2.24) is 4.89 Å². The molecule has 0 atom stereocenters. The summed E-state index contributed by atoms with van der Waals surface area (Å²) < 4.78 is 24.1. The molecule has 1 N–H and O–H groups in total. The summed E-state index contributed by atoms with van der Waals surface area (Å²) in [7, 11) is -4.11. The second kappa shape index (κ2) is 6.04. The van der Waals surface area contributed by atoms with Crippen molar-refractivity contribution >= 4 is 27.3 Å². The van der Waals surface area contributed by atoms with E-state index in [2.05, 4.69) is 0 Å². The fourth-order valence-corrected chi connectivity index (χ4v) is 3.22. The monoisotopic (exact) mass is 320 g/mol. The minimum atomic E-state index is -4.11. The first kappa shape index (κ1) is 15.2. The maximum Gasteiger partial charge on any atom is 0.290 e. The SMILES string of the molecule is O=[N+]([O-])c1cc(Cl)ccc1S(=O)(=O)NOC1CCCC1. The molecule has 1 aromatic carbocycles. The smallest absolute Gasteiger partial charge is 0.284 e. The number of nitro groups is 1. The van der Waals surface area contributed by atoms with Gasteiger partial charge in [0.15, 0.2) is 4.90 Å². The third-order valence-corrected chi connectivity index (χ3v) is 4.51. The van der Waals surface area contributed by atoms with E-state index in [-0.39, 0.29) is 11.1 Å². The van der Waals surface area contributed by atoms with Crippen LogP contribution in [0.2, 0.25) is 5.02 Å². The average molecular weight is 321 g/mol.